The fourth-order valence-corrected chi connectivity index (χ4v) is 1.63. The van der Waals surface area contributed by atoms with E-state index in [4.69, 9.17) is 0 Å². The largest absolute Gasteiger partial charge is 0.349 e. The molecule has 2 N–H and O–H groups in total. The third kappa shape index (κ3) is 2.97. The first-order valence-electron chi connectivity index (χ1n) is 5.33. The van der Waals surface area contributed by atoms with Crippen molar-refractivity contribution in [2.45, 2.75) is 13.0 Å². The van der Waals surface area contributed by atoms with Crippen molar-refractivity contribution in [1.82, 2.24) is 10.6 Å². The molecule has 1 aromatic carbocycles. The zero-order valence-electron chi connectivity index (χ0n) is 9.27. The minimum absolute atomic E-state index is 0. The highest BCUT2D eigenvalue weighted by Crippen LogP contribution is 2.13. The Morgan fingerprint density at radius 1 is 1.38 bits per heavy atom. The average molecular weight is 241 g/mol. The highest BCUT2D eigenvalue weighted by molar-refractivity contribution is 5.85. The predicted molar refractivity (Wildman–Crippen MR) is 66.6 cm³/mol. The molecular weight excluding hydrogens is 224 g/mol. The van der Waals surface area contributed by atoms with E-state index in [1.54, 1.807) is 0 Å². The lowest BCUT2D eigenvalue weighted by molar-refractivity contribution is -0.127. The Hall–Kier alpha value is -1.06. The maximum Gasteiger partial charge on any atom is 0.226 e. The first-order valence-corrected chi connectivity index (χ1v) is 5.33. The standard InChI is InChI=1S/C12H16N2O.ClH/c1-9(10-5-3-2-4-6-10)14-12(15)11-7-13-8-11;/h2-6,9,11,13H,7-8H2,1H3,(H,14,15);1H/t9-;/m1./s1. The van der Waals surface area contributed by atoms with Crippen LogP contribution in [0.15, 0.2) is 30.3 Å². The van der Waals surface area contributed by atoms with E-state index < -0.39 is 0 Å². The van der Waals surface area contributed by atoms with Gasteiger partial charge in [0, 0.05) is 13.1 Å². The van der Waals surface area contributed by atoms with Crippen molar-refractivity contribution in [2.24, 2.45) is 5.92 Å². The Kier molecular flexibility index (Phi) is 4.77. The second-order valence-electron chi connectivity index (χ2n) is 4.00. The maximum absolute atomic E-state index is 11.7. The third-order valence-corrected chi connectivity index (χ3v) is 2.81. The van der Waals surface area contributed by atoms with E-state index >= 15 is 0 Å². The van der Waals surface area contributed by atoms with Crippen LogP contribution in [0.3, 0.4) is 0 Å². The fraction of sp³-hybridized carbons (Fsp3) is 0.417. The molecule has 0 saturated carbocycles. The van der Waals surface area contributed by atoms with Crippen LogP contribution in [0.1, 0.15) is 18.5 Å². The topological polar surface area (TPSA) is 41.1 Å². The second-order valence-corrected chi connectivity index (χ2v) is 4.00. The average Bonchev–Trinajstić information content (AvgIpc) is 2.16. The van der Waals surface area contributed by atoms with Crippen LogP contribution in [-0.2, 0) is 4.79 Å². The number of amides is 1. The molecule has 1 heterocycles. The molecule has 0 radical (unpaired) electrons. The summed E-state index contributed by atoms with van der Waals surface area (Å²) in [5.74, 6) is 0.321. The Morgan fingerprint density at radius 2 is 2.00 bits per heavy atom. The van der Waals surface area contributed by atoms with Crippen molar-refractivity contribution in [3.05, 3.63) is 35.9 Å². The number of halogens is 1. The zero-order chi connectivity index (χ0) is 10.7. The summed E-state index contributed by atoms with van der Waals surface area (Å²) < 4.78 is 0. The molecule has 2 rings (SSSR count). The van der Waals surface area contributed by atoms with Crippen molar-refractivity contribution in [2.75, 3.05) is 13.1 Å². The van der Waals surface area contributed by atoms with Gasteiger partial charge in [-0.2, -0.15) is 0 Å². The Balaban J connectivity index is 0.00000128. The smallest absolute Gasteiger partial charge is 0.226 e. The number of hydrogen-bond donors (Lipinski definition) is 2. The molecule has 1 atom stereocenters. The van der Waals surface area contributed by atoms with Crippen molar-refractivity contribution in [3.8, 4) is 0 Å². The molecule has 4 heteroatoms. The molecule has 1 aliphatic rings. The lowest BCUT2D eigenvalue weighted by Gasteiger charge is -2.27. The van der Waals surface area contributed by atoms with E-state index in [0.717, 1.165) is 18.7 Å². The first-order chi connectivity index (χ1) is 7.27. The van der Waals surface area contributed by atoms with Crippen molar-refractivity contribution < 1.29 is 4.79 Å². The van der Waals surface area contributed by atoms with Crippen LogP contribution in [0.2, 0.25) is 0 Å². The van der Waals surface area contributed by atoms with Gasteiger partial charge in [-0.15, -0.1) is 12.4 Å². The molecule has 0 spiro atoms. The monoisotopic (exact) mass is 240 g/mol. The van der Waals surface area contributed by atoms with Gasteiger partial charge in [-0.25, -0.2) is 0 Å². The Labute approximate surface area is 102 Å². The third-order valence-electron chi connectivity index (χ3n) is 2.81. The lowest BCUT2D eigenvalue weighted by Crippen LogP contribution is -2.51. The summed E-state index contributed by atoms with van der Waals surface area (Å²) in [5, 5.41) is 6.11. The van der Waals surface area contributed by atoms with Crippen LogP contribution in [0.25, 0.3) is 0 Å². The van der Waals surface area contributed by atoms with Crippen LogP contribution in [-0.4, -0.2) is 19.0 Å². The van der Waals surface area contributed by atoms with E-state index in [2.05, 4.69) is 10.6 Å². The molecule has 0 aliphatic carbocycles. The lowest BCUT2D eigenvalue weighted by atomic mass is 10.0. The number of carbonyl (C=O) groups excluding carboxylic acids is 1. The summed E-state index contributed by atoms with van der Waals surface area (Å²) in [4.78, 5) is 11.7. The fourth-order valence-electron chi connectivity index (χ4n) is 1.63. The summed E-state index contributed by atoms with van der Waals surface area (Å²) in [6, 6.07) is 10.1. The molecule has 16 heavy (non-hydrogen) atoms. The number of benzene rings is 1. The van der Waals surface area contributed by atoms with E-state index in [0.29, 0.717) is 0 Å². The van der Waals surface area contributed by atoms with Gasteiger partial charge in [0.2, 0.25) is 5.91 Å². The van der Waals surface area contributed by atoms with E-state index in [1.165, 1.54) is 0 Å². The molecular formula is C12H17ClN2O. The van der Waals surface area contributed by atoms with Crippen molar-refractivity contribution >= 4 is 18.3 Å². The maximum atomic E-state index is 11.7. The summed E-state index contributed by atoms with van der Waals surface area (Å²) in [7, 11) is 0. The van der Waals surface area contributed by atoms with E-state index in [-0.39, 0.29) is 30.3 Å². The molecule has 1 aliphatic heterocycles. The van der Waals surface area contributed by atoms with Gasteiger partial charge in [0.25, 0.3) is 0 Å². The van der Waals surface area contributed by atoms with Gasteiger partial charge in [-0.3, -0.25) is 4.79 Å². The summed E-state index contributed by atoms with van der Waals surface area (Å²) >= 11 is 0. The van der Waals surface area contributed by atoms with Crippen LogP contribution in [0.4, 0.5) is 0 Å². The molecule has 1 amide bonds. The number of rotatable bonds is 3. The van der Waals surface area contributed by atoms with Gasteiger partial charge in [0.15, 0.2) is 0 Å². The van der Waals surface area contributed by atoms with Gasteiger partial charge in [0.05, 0.1) is 12.0 Å². The molecule has 1 fully saturated rings. The van der Waals surface area contributed by atoms with Crippen LogP contribution >= 0.6 is 12.4 Å². The van der Waals surface area contributed by atoms with Gasteiger partial charge in [0.1, 0.15) is 0 Å². The Morgan fingerprint density at radius 3 is 2.50 bits per heavy atom. The molecule has 88 valence electrons. The first kappa shape index (κ1) is 13.0. The Bertz CT molecular complexity index is 338. The van der Waals surface area contributed by atoms with E-state index in [1.807, 2.05) is 37.3 Å². The number of carbonyl (C=O) groups is 1. The molecule has 0 bridgehead atoms. The number of hydrogen-bond acceptors (Lipinski definition) is 2. The second kappa shape index (κ2) is 5.87. The summed E-state index contributed by atoms with van der Waals surface area (Å²) in [6.07, 6.45) is 0. The highest BCUT2D eigenvalue weighted by atomic mass is 35.5. The van der Waals surface area contributed by atoms with Crippen molar-refractivity contribution in [3.63, 3.8) is 0 Å². The SMILES string of the molecule is C[C@@H](NC(=O)C1CNC1)c1ccccc1.Cl. The van der Waals surface area contributed by atoms with Crippen LogP contribution < -0.4 is 10.6 Å². The molecule has 1 saturated heterocycles. The summed E-state index contributed by atoms with van der Waals surface area (Å²) in [5.41, 5.74) is 1.15. The predicted octanol–water partition coefficient (Wildman–Crippen LogP) is 1.50. The molecule has 0 aromatic heterocycles. The highest BCUT2D eigenvalue weighted by Gasteiger charge is 2.25. The normalized spacial score (nSPS) is 16.8. The minimum Gasteiger partial charge on any atom is -0.349 e. The van der Waals surface area contributed by atoms with Crippen LogP contribution in [0, 0.1) is 5.92 Å². The summed E-state index contributed by atoms with van der Waals surface area (Å²) in [6.45, 7) is 3.64. The molecule has 0 unspecified atom stereocenters. The quantitative estimate of drug-likeness (QED) is 0.841. The van der Waals surface area contributed by atoms with Gasteiger partial charge < -0.3 is 10.6 Å². The molecule has 1 aromatic rings. The molecule has 3 nitrogen and oxygen atoms in total. The van der Waals surface area contributed by atoms with E-state index in [9.17, 15) is 4.79 Å². The number of nitrogens with one attached hydrogen (secondary N) is 2. The van der Waals surface area contributed by atoms with Crippen molar-refractivity contribution in [1.29, 1.82) is 0 Å². The zero-order valence-corrected chi connectivity index (χ0v) is 10.1. The van der Waals surface area contributed by atoms with Crippen LogP contribution in [0.5, 0.6) is 0 Å². The van der Waals surface area contributed by atoms with Gasteiger partial charge in [-0.1, -0.05) is 30.3 Å². The minimum atomic E-state index is 0. The van der Waals surface area contributed by atoms with Gasteiger partial charge in [-0.05, 0) is 12.5 Å². The van der Waals surface area contributed by atoms with Gasteiger partial charge >= 0.3 is 0 Å².